The number of fused-ring (bicyclic) bond motifs is 1. The van der Waals surface area contributed by atoms with E-state index in [0.29, 0.717) is 41.7 Å². The van der Waals surface area contributed by atoms with Crippen LogP contribution in [-0.2, 0) is 4.79 Å². The second kappa shape index (κ2) is 10.1. The van der Waals surface area contributed by atoms with Crippen molar-refractivity contribution >= 4 is 17.5 Å². The zero-order valence-corrected chi connectivity index (χ0v) is 19.6. The van der Waals surface area contributed by atoms with E-state index in [1.54, 1.807) is 61.7 Å². The van der Waals surface area contributed by atoms with Crippen LogP contribution in [0.4, 0.5) is 5.69 Å². The summed E-state index contributed by atoms with van der Waals surface area (Å²) in [5.74, 6) is 1.22. The van der Waals surface area contributed by atoms with Crippen LogP contribution in [0.25, 0.3) is 0 Å². The maximum Gasteiger partial charge on any atom is 0.294 e. The molecule has 8 heteroatoms. The lowest BCUT2D eigenvalue weighted by Gasteiger charge is -2.32. The molecule has 1 aliphatic heterocycles. The van der Waals surface area contributed by atoms with Crippen LogP contribution in [0.15, 0.2) is 65.3 Å². The van der Waals surface area contributed by atoms with Gasteiger partial charge in [-0.05, 0) is 54.8 Å². The van der Waals surface area contributed by atoms with Crippen molar-refractivity contribution in [3.63, 3.8) is 0 Å². The van der Waals surface area contributed by atoms with E-state index in [1.807, 2.05) is 0 Å². The Morgan fingerprint density at radius 3 is 2.43 bits per heavy atom. The Morgan fingerprint density at radius 2 is 1.74 bits per heavy atom. The van der Waals surface area contributed by atoms with E-state index in [4.69, 9.17) is 18.6 Å². The molecular formula is C27H28N2O6. The van der Waals surface area contributed by atoms with Gasteiger partial charge < -0.3 is 23.9 Å². The molecule has 3 aromatic rings. The van der Waals surface area contributed by atoms with Gasteiger partial charge in [-0.15, -0.1) is 0 Å². The predicted molar refractivity (Wildman–Crippen MR) is 129 cm³/mol. The molecule has 1 aromatic heterocycles. The average Bonchev–Trinajstić information content (AvgIpc) is 3.61. The van der Waals surface area contributed by atoms with Gasteiger partial charge in [0.1, 0.15) is 25.0 Å². The fourth-order valence-corrected chi connectivity index (χ4v) is 4.64. The number of furan rings is 1. The van der Waals surface area contributed by atoms with Gasteiger partial charge in [0.2, 0.25) is 5.91 Å². The van der Waals surface area contributed by atoms with E-state index in [0.717, 1.165) is 25.7 Å². The number of rotatable bonds is 7. The zero-order chi connectivity index (χ0) is 24.2. The summed E-state index contributed by atoms with van der Waals surface area (Å²) in [6, 6.07) is 14.8. The minimum absolute atomic E-state index is 0.0871. The Morgan fingerprint density at radius 1 is 1.00 bits per heavy atom. The van der Waals surface area contributed by atoms with Gasteiger partial charge in [0.05, 0.1) is 13.4 Å². The molecule has 0 unspecified atom stereocenters. The normalized spacial score (nSPS) is 15.9. The fourth-order valence-electron chi connectivity index (χ4n) is 4.64. The van der Waals surface area contributed by atoms with Crippen molar-refractivity contribution < 1.29 is 28.2 Å². The quantitative estimate of drug-likeness (QED) is 0.540. The van der Waals surface area contributed by atoms with Gasteiger partial charge in [-0.1, -0.05) is 25.0 Å². The van der Waals surface area contributed by atoms with E-state index in [1.165, 1.54) is 11.2 Å². The topological polar surface area (TPSA) is 90.2 Å². The van der Waals surface area contributed by atoms with Crippen LogP contribution in [0.3, 0.4) is 0 Å². The minimum Gasteiger partial charge on any atom is -0.497 e. The first-order chi connectivity index (χ1) is 17.1. The summed E-state index contributed by atoms with van der Waals surface area (Å²) in [5.41, 5.74) is 1.15. The van der Waals surface area contributed by atoms with E-state index in [-0.39, 0.29) is 17.7 Å². The molecule has 2 aromatic carbocycles. The molecule has 2 aliphatic rings. The monoisotopic (exact) mass is 476 g/mol. The summed E-state index contributed by atoms with van der Waals surface area (Å²) in [6.07, 6.45) is 5.45. The summed E-state index contributed by atoms with van der Waals surface area (Å²) < 4.78 is 22.2. The van der Waals surface area contributed by atoms with Crippen LogP contribution >= 0.6 is 0 Å². The van der Waals surface area contributed by atoms with Crippen molar-refractivity contribution in [3.8, 4) is 17.2 Å². The van der Waals surface area contributed by atoms with Gasteiger partial charge >= 0.3 is 0 Å². The minimum atomic E-state index is -0.943. The summed E-state index contributed by atoms with van der Waals surface area (Å²) >= 11 is 0. The highest BCUT2D eigenvalue weighted by atomic mass is 16.6. The maximum absolute atomic E-state index is 13.8. The molecule has 1 saturated carbocycles. The van der Waals surface area contributed by atoms with Gasteiger partial charge in [-0.2, -0.15) is 0 Å². The SMILES string of the molecule is COc1ccc([C@@H](C(=O)NC2CCCC2)N(C(=O)c2ccco2)c2ccc3c(c2)OCCO3)cc1. The molecule has 1 fully saturated rings. The van der Waals surface area contributed by atoms with Crippen LogP contribution in [0.1, 0.15) is 47.8 Å². The number of nitrogens with zero attached hydrogens (tertiary/aromatic N) is 1. The molecule has 1 N–H and O–H groups in total. The molecule has 1 aliphatic carbocycles. The van der Waals surface area contributed by atoms with E-state index < -0.39 is 11.9 Å². The Bertz CT molecular complexity index is 1170. The molecule has 2 amide bonds. The highest BCUT2D eigenvalue weighted by Gasteiger charge is 2.36. The summed E-state index contributed by atoms with van der Waals surface area (Å²) in [7, 11) is 1.58. The number of amides is 2. The van der Waals surface area contributed by atoms with Crippen LogP contribution < -0.4 is 24.4 Å². The first-order valence-electron chi connectivity index (χ1n) is 11.8. The second-order valence-electron chi connectivity index (χ2n) is 8.65. The average molecular weight is 477 g/mol. The maximum atomic E-state index is 13.8. The van der Waals surface area contributed by atoms with Crippen molar-refractivity contribution in [1.82, 2.24) is 5.32 Å². The van der Waals surface area contributed by atoms with Crippen molar-refractivity contribution in [3.05, 3.63) is 72.2 Å². The third kappa shape index (κ3) is 4.82. The largest absolute Gasteiger partial charge is 0.497 e. The van der Waals surface area contributed by atoms with E-state index >= 15 is 0 Å². The summed E-state index contributed by atoms with van der Waals surface area (Å²) in [6.45, 7) is 0.867. The Balaban J connectivity index is 1.60. The first-order valence-corrected chi connectivity index (χ1v) is 11.8. The zero-order valence-electron chi connectivity index (χ0n) is 19.6. The molecule has 0 spiro atoms. The number of nitrogens with one attached hydrogen (secondary N) is 1. The van der Waals surface area contributed by atoms with Gasteiger partial charge in [0.25, 0.3) is 5.91 Å². The number of hydrogen-bond donors (Lipinski definition) is 1. The van der Waals surface area contributed by atoms with E-state index in [9.17, 15) is 9.59 Å². The number of ether oxygens (including phenoxy) is 3. The standard InChI is InChI=1S/C27H28N2O6/c1-32-21-11-8-18(9-12-21)25(26(30)28-19-5-2-3-6-19)29(27(31)23-7-4-14-33-23)20-10-13-22-24(17-20)35-16-15-34-22/h4,7-14,17,19,25H,2-3,5-6,15-16H2,1H3,(H,28,30)/t25-/m0/s1. The molecule has 5 rings (SSSR count). The molecule has 0 saturated heterocycles. The third-order valence-corrected chi connectivity index (χ3v) is 6.39. The number of hydrogen-bond acceptors (Lipinski definition) is 6. The van der Waals surface area contributed by atoms with Crippen molar-refractivity contribution in [2.45, 2.75) is 37.8 Å². The van der Waals surface area contributed by atoms with Crippen LogP contribution in [0.2, 0.25) is 0 Å². The van der Waals surface area contributed by atoms with Gasteiger partial charge in [0.15, 0.2) is 17.3 Å². The molecule has 2 heterocycles. The second-order valence-corrected chi connectivity index (χ2v) is 8.65. The van der Waals surface area contributed by atoms with Crippen LogP contribution in [0, 0.1) is 0 Å². The van der Waals surface area contributed by atoms with Crippen molar-refractivity contribution in [2.24, 2.45) is 0 Å². The first kappa shape index (κ1) is 22.8. The summed E-state index contributed by atoms with van der Waals surface area (Å²) in [5, 5.41) is 3.17. The predicted octanol–water partition coefficient (Wildman–Crippen LogP) is 4.51. The number of carbonyl (C=O) groups excluding carboxylic acids is 2. The lowest BCUT2D eigenvalue weighted by atomic mass is 10.0. The van der Waals surface area contributed by atoms with Crippen LogP contribution in [0.5, 0.6) is 17.2 Å². The number of carbonyl (C=O) groups is 2. The van der Waals surface area contributed by atoms with Gasteiger partial charge in [-0.25, -0.2) is 0 Å². The smallest absolute Gasteiger partial charge is 0.294 e. The van der Waals surface area contributed by atoms with Gasteiger partial charge in [0, 0.05) is 17.8 Å². The van der Waals surface area contributed by atoms with Crippen molar-refractivity contribution in [1.29, 1.82) is 0 Å². The molecule has 8 nitrogen and oxygen atoms in total. The Kier molecular flexibility index (Phi) is 6.61. The Labute approximate surface area is 203 Å². The number of methoxy groups -OCH3 is 1. The summed E-state index contributed by atoms with van der Waals surface area (Å²) in [4.78, 5) is 29.1. The number of anilines is 1. The lowest BCUT2D eigenvalue weighted by Crippen LogP contribution is -2.46. The molecule has 1 atom stereocenters. The molecular weight excluding hydrogens is 448 g/mol. The molecule has 0 radical (unpaired) electrons. The molecule has 35 heavy (non-hydrogen) atoms. The molecule has 182 valence electrons. The highest BCUT2D eigenvalue weighted by molar-refractivity contribution is 6.08. The van der Waals surface area contributed by atoms with Crippen LogP contribution in [-0.4, -0.2) is 38.2 Å². The third-order valence-electron chi connectivity index (χ3n) is 6.39. The van der Waals surface area contributed by atoms with Gasteiger partial charge in [-0.3, -0.25) is 14.5 Å². The fraction of sp³-hybridized carbons (Fsp3) is 0.333. The molecule has 0 bridgehead atoms. The Hall–Kier alpha value is -3.94. The highest BCUT2D eigenvalue weighted by Crippen LogP contribution is 2.38. The van der Waals surface area contributed by atoms with E-state index in [2.05, 4.69) is 5.32 Å². The number of benzene rings is 2. The van der Waals surface area contributed by atoms with Crippen molar-refractivity contribution in [2.75, 3.05) is 25.2 Å². The lowest BCUT2D eigenvalue weighted by molar-refractivity contribution is -0.123.